The first-order valence-electron chi connectivity index (χ1n) is 6.39. The fourth-order valence-corrected chi connectivity index (χ4v) is 2.12. The van der Waals surface area contributed by atoms with Crippen LogP contribution in [0.4, 0.5) is 0 Å². The van der Waals surface area contributed by atoms with E-state index in [-0.39, 0.29) is 12.3 Å². The van der Waals surface area contributed by atoms with Gasteiger partial charge in [-0.15, -0.1) is 0 Å². The van der Waals surface area contributed by atoms with Crippen LogP contribution in [0.1, 0.15) is 32.4 Å². The second-order valence-electron chi connectivity index (χ2n) is 4.03. The fourth-order valence-electron chi connectivity index (χ4n) is 1.70. The molecule has 1 aromatic carbocycles. The van der Waals surface area contributed by atoms with E-state index in [1.54, 1.807) is 0 Å². The van der Waals surface area contributed by atoms with Crippen molar-refractivity contribution in [3.05, 3.63) is 34.3 Å². The Morgan fingerprint density at radius 3 is 2.44 bits per heavy atom. The summed E-state index contributed by atoms with van der Waals surface area (Å²) in [5.74, 6) is 0. The van der Waals surface area contributed by atoms with E-state index in [9.17, 15) is 0 Å². The van der Waals surface area contributed by atoms with Gasteiger partial charge in [0.25, 0.3) is 0 Å². The third-order valence-electron chi connectivity index (χ3n) is 2.64. The monoisotopic (exact) mass is 315 g/mol. The normalized spacial score (nSPS) is 12.9. The molecule has 0 aliphatic carbocycles. The second kappa shape index (κ2) is 8.64. The van der Waals surface area contributed by atoms with Gasteiger partial charge < -0.3 is 14.8 Å². The molecule has 0 aliphatic rings. The first-order valence-corrected chi connectivity index (χ1v) is 7.18. The lowest BCUT2D eigenvalue weighted by Gasteiger charge is -2.21. The second-order valence-corrected chi connectivity index (χ2v) is 4.94. The minimum Gasteiger partial charge on any atom is -0.352 e. The van der Waals surface area contributed by atoms with E-state index in [0.717, 1.165) is 4.47 Å². The summed E-state index contributed by atoms with van der Waals surface area (Å²) >= 11 is 3.48. The number of benzene rings is 1. The summed E-state index contributed by atoms with van der Waals surface area (Å²) in [7, 11) is 0. The van der Waals surface area contributed by atoms with Gasteiger partial charge in [0.1, 0.15) is 0 Å². The summed E-state index contributed by atoms with van der Waals surface area (Å²) in [5.41, 5.74) is 1.25. The molecule has 0 unspecified atom stereocenters. The first-order chi connectivity index (χ1) is 8.67. The SMILES string of the molecule is CCOC(CN[C@@H](C)c1cccc(Br)c1)OCC. The highest BCUT2D eigenvalue weighted by Gasteiger charge is 2.11. The average Bonchev–Trinajstić information content (AvgIpc) is 2.36. The zero-order chi connectivity index (χ0) is 13.4. The van der Waals surface area contributed by atoms with Crippen molar-refractivity contribution in [3.8, 4) is 0 Å². The van der Waals surface area contributed by atoms with Crippen LogP contribution in [0.3, 0.4) is 0 Å². The van der Waals surface area contributed by atoms with Crippen LogP contribution in [-0.2, 0) is 9.47 Å². The van der Waals surface area contributed by atoms with E-state index in [1.807, 2.05) is 26.0 Å². The maximum absolute atomic E-state index is 5.50. The van der Waals surface area contributed by atoms with Crippen LogP contribution in [-0.4, -0.2) is 26.0 Å². The molecule has 0 spiro atoms. The lowest BCUT2D eigenvalue weighted by atomic mass is 10.1. The van der Waals surface area contributed by atoms with Crippen molar-refractivity contribution in [1.82, 2.24) is 5.32 Å². The van der Waals surface area contributed by atoms with Crippen LogP contribution in [0.2, 0.25) is 0 Å². The molecule has 1 atom stereocenters. The van der Waals surface area contributed by atoms with Crippen LogP contribution in [0.5, 0.6) is 0 Å². The third kappa shape index (κ3) is 5.48. The van der Waals surface area contributed by atoms with Crippen molar-refractivity contribution in [1.29, 1.82) is 0 Å². The molecule has 0 saturated heterocycles. The molecule has 0 saturated carbocycles. The highest BCUT2D eigenvalue weighted by atomic mass is 79.9. The number of nitrogens with one attached hydrogen (secondary N) is 1. The predicted molar refractivity (Wildman–Crippen MR) is 77.6 cm³/mol. The molecular weight excluding hydrogens is 294 g/mol. The molecule has 1 rings (SSSR count). The molecule has 0 aliphatic heterocycles. The first kappa shape index (κ1) is 15.6. The van der Waals surface area contributed by atoms with Gasteiger partial charge in [0.15, 0.2) is 6.29 Å². The summed E-state index contributed by atoms with van der Waals surface area (Å²) < 4.78 is 12.1. The molecule has 1 N–H and O–H groups in total. The Labute approximate surface area is 118 Å². The Bertz CT molecular complexity index is 340. The summed E-state index contributed by atoms with van der Waals surface area (Å²) in [4.78, 5) is 0. The van der Waals surface area contributed by atoms with Crippen molar-refractivity contribution in [2.45, 2.75) is 33.1 Å². The third-order valence-corrected chi connectivity index (χ3v) is 3.14. The zero-order valence-electron chi connectivity index (χ0n) is 11.3. The van der Waals surface area contributed by atoms with Crippen molar-refractivity contribution in [3.63, 3.8) is 0 Å². The standard InChI is InChI=1S/C14H22BrNO2/c1-4-17-14(18-5-2)10-16-11(3)12-7-6-8-13(15)9-12/h6-9,11,14,16H,4-5,10H2,1-3H3/t11-/m0/s1. The number of halogens is 1. The van der Waals surface area contributed by atoms with Gasteiger partial charge in [0, 0.05) is 30.3 Å². The largest absolute Gasteiger partial charge is 0.352 e. The number of ether oxygens (including phenoxy) is 2. The summed E-state index contributed by atoms with van der Waals surface area (Å²) in [6.07, 6.45) is -0.172. The van der Waals surface area contributed by atoms with Crippen LogP contribution in [0, 0.1) is 0 Å². The maximum Gasteiger partial charge on any atom is 0.169 e. The van der Waals surface area contributed by atoms with Crippen molar-refractivity contribution >= 4 is 15.9 Å². The molecule has 0 amide bonds. The highest BCUT2D eigenvalue weighted by molar-refractivity contribution is 9.10. The fraction of sp³-hybridized carbons (Fsp3) is 0.571. The van der Waals surface area contributed by atoms with Gasteiger partial charge in [-0.25, -0.2) is 0 Å². The molecule has 102 valence electrons. The minimum absolute atomic E-state index is 0.172. The van der Waals surface area contributed by atoms with Crippen molar-refractivity contribution in [2.24, 2.45) is 0 Å². The summed E-state index contributed by atoms with van der Waals surface area (Å²) in [6.45, 7) is 8.11. The van der Waals surface area contributed by atoms with E-state index >= 15 is 0 Å². The maximum atomic E-state index is 5.50. The van der Waals surface area contributed by atoms with E-state index in [2.05, 4.69) is 40.3 Å². The quantitative estimate of drug-likeness (QED) is 0.745. The average molecular weight is 316 g/mol. The topological polar surface area (TPSA) is 30.5 Å². The van der Waals surface area contributed by atoms with Crippen LogP contribution < -0.4 is 5.32 Å². The molecule has 0 bridgehead atoms. The molecule has 0 radical (unpaired) electrons. The highest BCUT2D eigenvalue weighted by Crippen LogP contribution is 2.17. The summed E-state index contributed by atoms with van der Waals surface area (Å²) in [6, 6.07) is 8.57. The van der Waals surface area contributed by atoms with Gasteiger partial charge in [-0.1, -0.05) is 28.1 Å². The molecule has 0 aromatic heterocycles. The van der Waals surface area contributed by atoms with E-state index in [4.69, 9.17) is 9.47 Å². The van der Waals surface area contributed by atoms with Crippen LogP contribution >= 0.6 is 15.9 Å². The zero-order valence-corrected chi connectivity index (χ0v) is 12.9. The lowest BCUT2D eigenvalue weighted by molar-refractivity contribution is -0.133. The molecule has 0 heterocycles. The molecule has 18 heavy (non-hydrogen) atoms. The van der Waals surface area contributed by atoms with E-state index < -0.39 is 0 Å². The molecule has 0 fully saturated rings. The van der Waals surface area contributed by atoms with Gasteiger partial charge in [-0.2, -0.15) is 0 Å². The number of hydrogen-bond acceptors (Lipinski definition) is 3. The van der Waals surface area contributed by atoms with Gasteiger partial charge in [0.05, 0.1) is 0 Å². The van der Waals surface area contributed by atoms with E-state index in [1.165, 1.54) is 5.56 Å². The smallest absolute Gasteiger partial charge is 0.169 e. The summed E-state index contributed by atoms with van der Waals surface area (Å²) in [5, 5.41) is 3.42. The Kier molecular flexibility index (Phi) is 7.51. The van der Waals surface area contributed by atoms with Gasteiger partial charge >= 0.3 is 0 Å². The molecule has 4 heteroatoms. The molecule has 1 aromatic rings. The van der Waals surface area contributed by atoms with Gasteiger partial charge in [-0.05, 0) is 38.5 Å². The lowest BCUT2D eigenvalue weighted by Crippen LogP contribution is -2.33. The van der Waals surface area contributed by atoms with Crippen molar-refractivity contribution < 1.29 is 9.47 Å². The Hall–Kier alpha value is -0.420. The number of rotatable bonds is 8. The van der Waals surface area contributed by atoms with Gasteiger partial charge in [-0.3, -0.25) is 0 Å². The molecule has 3 nitrogen and oxygen atoms in total. The van der Waals surface area contributed by atoms with Crippen LogP contribution in [0.15, 0.2) is 28.7 Å². The Morgan fingerprint density at radius 2 is 1.89 bits per heavy atom. The van der Waals surface area contributed by atoms with Crippen LogP contribution in [0.25, 0.3) is 0 Å². The number of hydrogen-bond donors (Lipinski definition) is 1. The van der Waals surface area contributed by atoms with E-state index in [0.29, 0.717) is 19.8 Å². The Morgan fingerprint density at radius 1 is 1.22 bits per heavy atom. The molecular formula is C14H22BrNO2. The predicted octanol–water partition coefficient (Wildman–Crippen LogP) is 3.50. The van der Waals surface area contributed by atoms with Gasteiger partial charge in [0.2, 0.25) is 0 Å². The van der Waals surface area contributed by atoms with Crippen molar-refractivity contribution in [2.75, 3.05) is 19.8 Å². The Balaban J connectivity index is 2.46. The minimum atomic E-state index is -0.172.